The van der Waals surface area contributed by atoms with Crippen LogP contribution in [-0.2, 0) is 11.8 Å². The summed E-state index contributed by atoms with van der Waals surface area (Å²) < 4.78 is 0. The molecule has 0 fully saturated rings. The van der Waals surface area contributed by atoms with Crippen molar-refractivity contribution >= 4 is 29.9 Å². The summed E-state index contributed by atoms with van der Waals surface area (Å²) in [5.74, 6) is 0.832. The number of halogens is 1. The van der Waals surface area contributed by atoms with E-state index in [1.165, 1.54) is 11.1 Å². The van der Waals surface area contributed by atoms with Gasteiger partial charge in [-0.05, 0) is 30.5 Å². The second kappa shape index (κ2) is 10.4. The predicted octanol–water partition coefficient (Wildman–Crippen LogP) is 3.69. The van der Waals surface area contributed by atoms with E-state index in [1.807, 2.05) is 25.3 Å². The SMILES string of the molecule is CN=C(NCCc1ccc(C)nc1)NCC(C)(C)c1ccccc1.I. The fraction of sp³-hybridized carbons (Fsp3) is 0.400. The molecule has 25 heavy (non-hydrogen) atoms. The van der Waals surface area contributed by atoms with Gasteiger partial charge in [0.15, 0.2) is 5.96 Å². The van der Waals surface area contributed by atoms with Gasteiger partial charge in [0, 0.05) is 37.4 Å². The summed E-state index contributed by atoms with van der Waals surface area (Å²) in [5.41, 5.74) is 3.64. The zero-order valence-corrected chi connectivity index (χ0v) is 17.9. The Kier molecular flexibility index (Phi) is 8.89. The van der Waals surface area contributed by atoms with Crippen molar-refractivity contribution in [3.05, 3.63) is 65.5 Å². The molecule has 0 saturated heterocycles. The lowest BCUT2D eigenvalue weighted by atomic mass is 9.85. The number of benzene rings is 1. The topological polar surface area (TPSA) is 49.3 Å². The smallest absolute Gasteiger partial charge is 0.191 e. The molecule has 0 aliphatic rings. The minimum Gasteiger partial charge on any atom is -0.356 e. The van der Waals surface area contributed by atoms with Gasteiger partial charge in [0.25, 0.3) is 0 Å². The van der Waals surface area contributed by atoms with Crippen molar-refractivity contribution in [3.63, 3.8) is 0 Å². The molecule has 2 N–H and O–H groups in total. The molecule has 1 aromatic heterocycles. The standard InChI is InChI=1S/C20H28N4.HI/c1-16-10-11-17(14-23-16)12-13-22-19(21-4)24-15-20(2,3)18-8-6-5-7-9-18;/h5-11,14H,12-13,15H2,1-4H3,(H2,21,22,24);1H. The molecule has 2 aromatic rings. The lowest BCUT2D eigenvalue weighted by Crippen LogP contribution is -2.44. The van der Waals surface area contributed by atoms with E-state index in [4.69, 9.17) is 0 Å². The lowest BCUT2D eigenvalue weighted by molar-refractivity contribution is 0.508. The van der Waals surface area contributed by atoms with Crippen LogP contribution in [-0.4, -0.2) is 31.1 Å². The molecule has 0 aliphatic carbocycles. The summed E-state index contributed by atoms with van der Waals surface area (Å²) in [4.78, 5) is 8.63. The van der Waals surface area contributed by atoms with Crippen LogP contribution >= 0.6 is 24.0 Å². The van der Waals surface area contributed by atoms with E-state index in [0.717, 1.165) is 31.2 Å². The van der Waals surface area contributed by atoms with Crippen molar-refractivity contribution in [2.45, 2.75) is 32.6 Å². The number of nitrogens with zero attached hydrogens (tertiary/aromatic N) is 2. The quantitative estimate of drug-likeness (QED) is 0.399. The van der Waals surface area contributed by atoms with Crippen LogP contribution in [0.2, 0.25) is 0 Å². The third-order valence-corrected chi connectivity index (χ3v) is 4.16. The summed E-state index contributed by atoms with van der Waals surface area (Å²) >= 11 is 0. The number of rotatable bonds is 6. The van der Waals surface area contributed by atoms with Crippen LogP contribution in [0, 0.1) is 6.92 Å². The highest BCUT2D eigenvalue weighted by Gasteiger charge is 2.20. The van der Waals surface area contributed by atoms with Gasteiger partial charge in [-0.25, -0.2) is 0 Å². The Labute approximate surface area is 168 Å². The highest BCUT2D eigenvalue weighted by molar-refractivity contribution is 14.0. The van der Waals surface area contributed by atoms with Crippen LogP contribution in [0.4, 0.5) is 0 Å². The Morgan fingerprint density at radius 2 is 1.80 bits per heavy atom. The van der Waals surface area contributed by atoms with E-state index in [2.05, 4.69) is 64.8 Å². The zero-order valence-electron chi connectivity index (χ0n) is 15.5. The molecule has 4 nitrogen and oxygen atoms in total. The fourth-order valence-corrected chi connectivity index (χ4v) is 2.49. The van der Waals surface area contributed by atoms with Crippen molar-refractivity contribution in [1.29, 1.82) is 0 Å². The second-order valence-corrected chi connectivity index (χ2v) is 6.66. The number of hydrogen-bond acceptors (Lipinski definition) is 2. The minimum absolute atomic E-state index is 0. The van der Waals surface area contributed by atoms with Gasteiger partial charge in [0.2, 0.25) is 0 Å². The molecule has 5 heteroatoms. The molecular formula is C20H29IN4. The first kappa shape index (κ1) is 21.4. The lowest BCUT2D eigenvalue weighted by Gasteiger charge is -2.26. The molecule has 0 unspecified atom stereocenters. The van der Waals surface area contributed by atoms with Crippen LogP contribution < -0.4 is 10.6 Å². The summed E-state index contributed by atoms with van der Waals surface area (Å²) in [6, 6.07) is 14.7. The van der Waals surface area contributed by atoms with Crippen molar-refractivity contribution in [1.82, 2.24) is 15.6 Å². The van der Waals surface area contributed by atoms with Crippen LogP contribution in [0.3, 0.4) is 0 Å². The molecule has 1 aromatic carbocycles. The Bertz CT molecular complexity index is 651. The summed E-state index contributed by atoms with van der Waals surface area (Å²) in [6.07, 6.45) is 2.86. The third kappa shape index (κ3) is 7.02. The molecule has 0 spiro atoms. The largest absolute Gasteiger partial charge is 0.356 e. The summed E-state index contributed by atoms with van der Waals surface area (Å²) in [6.45, 7) is 8.13. The molecule has 0 amide bonds. The van der Waals surface area contributed by atoms with Crippen molar-refractivity contribution in [3.8, 4) is 0 Å². The van der Waals surface area contributed by atoms with Gasteiger partial charge >= 0.3 is 0 Å². The normalized spacial score (nSPS) is 11.6. The molecular weight excluding hydrogens is 423 g/mol. The average molecular weight is 452 g/mol. The van der Waals surface area contributed by atoms with E-state index in [0.29, 0.717) is 0 Å². The summed E-state index contributed by atoms with van der Waals surface area (Å²) in [7, 11) is 1.80. The molecule has 0 atom stereocenters. The van der Waals surface area contributed by atoms with Crippen LogP contribution in [0.15, 0.2) is 53.7 Å². The Balaban J connectivity index is 0.00000312. The molecule has 0 radical (unpaired) electrons. The monoisotopic (exact) mass is 452 g/mol. The number of aryl methyl sites for hydroxylation is 1. The first-order valence-corrected chi connectivity index (χ1v) is 8.43. The van der Waals surface area contributed by atoms with Crippen LogP contribution in [0.5, 0.6) is 0 Å². The maximum Gasteiger partial charge on any atom is 0.191 e. The van der Waals surface area contributed by atoms with Gasteiger partial charge in [-0.1, -0.05) is 50.2 Å². The van der Waals surface area contributed by atoms with E-state index >= 15 is 0 Å². The number of pyridine rings is 1. The third-order valence-electron chi connectivity index (χ3n) is 4.16. The number of guanidine groups is 1. The summed E-state index contributed by atoms with van der Waals surface area (Å²) in [5, 5.41) is 6.79. The number of aliphatic imine (C=N–C) groups is 1. The number of hydrogen-bond donors (Lipinski definition) is 2. The van der Waals surface area contributed by atoms with Crippen molar-refractivity contribution in [2.75, 3.05) is 20.1 Å². The molecule has 2 rings (SSSR count). The molecule has 136 valence electrons. The number of nitrogens with one attached hydrogen (secondary N) is 2. The van der Waals surface area contributed by atoms with Crippen molar-refractivity contribution in [2.24, 2.45) is 4.99 Å². The first-order chi connectivity index (χ1) is 11.5. The van der Waals surface area contributed by atoms with Crippen LogP contribution in [0.1, 0.15) is 30.7 Å². The highest BCUT2D eigenvalue weighted by atomic mass is 127. The van der Waals surface area contributed by atoms with Gasteiger partial charge in [-0.3, -0.25) is 9.98 Å². The van der Waals surface area contributed by atoms with E-state index < -0.39 is 0 Å². The van der Waals surface area contributed by atoms with Gasteiger partial charge in [-0.2, -0.15) is 0 Å². The Hall–Kier alpha value is -1.63. The zero-order chi connectivity index (χ0) is 17.4. The molecule has 1 heterocycles. The molecule has 0 aliphatic heterocycles. The Morgan fingerprint density at radius 1 is 1.08 bits per heavy atom. The minimum atomic E-state index is 0. The molecule has 0 saturated carbocycles. The van der Waals surface area contributed by atoms with Gasteiger partial charge < -0.3 is 10.6 Å². The number of aromatic nitrogens is 1. The highest BCUT2D eigenvalue weighted by Crippen LogP contribution is 2.21. The second-order valence-electron chi connectivity index (χ2n) is 6.66. The first-order valence-electron chi connectivity index (χ1n) is 8.43. The average Bonchev–Trinajstić information content (AvgIpc) is 2.60. The van der Waals surface area contributed by atoms with E-state index in [9.17, 15) is 0 Å². The van der Waals surface area contributed by atoms with E-state index in [-0.39, 0.29) is 29.4 Å². The Morgan fingerprint density at radius 3 is 2.40 bits per heavy atom. The van der Waals surface area contributed by atoms with Gasteiger partial charge in [0.05, 0.1) is 0 Å². The van der Waals surface area contributed by atoms with Gasteiger partial charge in [0.1, 0.15) is 0 Å². The maximum atomic E-state index is 4.33. The predicted molar refractivity (Wildman–Crippen MR) is 117 cm³/mol. The van der Waals surface area contributed by atoms with Crippen LogP contribution in [0.25, 0.3) is 0 Å². The molecule has 0 bridgehead atoms. The van der Waals surface area contributed by atoms with Gasteiger partial charge in [-0.15, -0.1) is 24.0 Å². The van der Waals surface area contributed by atoms with E-state index in [1.54, 1.807) is 7.05 Å². The fourth-order valence-electron chi connectivity index (χ4n) is 2.49. The van der Waals surface area contributed by atoms with Crippen molar-refractivity contribution < 1.29 is 0 Å². The maximum absolute atomic E-state index is 4.33.